The molecule has 0 fully saturated rings. The molecule has 0 aliphatic rings. The fraction of sp³-hybridized carbons (Fsp3) is 0.100. The third kappa shape index (κ3) is 4.26. The summed E-state index contributed by atoms with van der Waals surface area (Å²) in [6, 6.07) is 9.82. The molecule has 2 heterocycles. The molecule has 0 saturated carbocycles. The number of halogens is 2. The smallest absolute Gasteiger partial charge is 0.300 e. The molecule has 11 heteroatoms. The molecule has 8 nitrogen and oxygen atoms in total. The molecule has 0 bridgehead atoms. The predicted molar refractivity (Wildman–Crippen MR) is 111 cm³/mol. The van der Waals surface area contributed by atoms with Gasteiger partial charge >= 0.3 is 5.56 Å². The Morgan fingerprint density at radius 1 is 1.13 bits per heavy atom. The fourth-order valence-corrected chi connectivity index (χ4v) is 3.54. The summed E-state index contributed by atoms with van der Waals surface area (Å²) in [7, 11) is 1.55. The molecular formula is C20H15F2N5O3S. The summed E-state index contributed by atoms with van der Waals surface area (Å²) in [5, 5.41) is 10.6. The van der Waals surface area contributed by atoms with Gasteiger partial charge in [0.1, 0.15) is 17.4 Å². The van der Waals surface area contributed by atoms with Gasteiger partial charge in [-0.3, -0.25) is 18.6 Å². The molecule has 0 radical (unpaired) electrons. The molecule has 0 aliphatic carbocycles. The number of carbonyl (C=O) groups excluding carboxylic acids is 1. The second-order valence-electron chi connectivity index (χ2n) is 6.31. The number of carbonyl (C=O) groups is 1. The molecule has 0 atom stereocenters. The van der Waals surface area contributed by atoms with Crippen molar-refractivity contribution in [1.29, 1.82) is 0 Å². The highest BCUT2D eigenvalue weighted by Gasteiger charge is 2.14. The Labute approximate surface area is 178 Å². The zero-order valence-electron chi connectivity index (χ0n) is 16.1. The van der Waals surface area contributed by atoms with Crippen LogP contribution < -0.4 is 15.6 Å². The Morgan fingerprint density at radius 2 is 1.90 bits per heavy atom. The van der Waals surface area contributed by atoms with Crippen LogP contribution in [0.4, 0.5) is 14.5 Å². The fourth-order valence-electron chi connectivity index (χ4n) is 2.82. The van der Waals surface area contributed by atoms with Crippen LogP contribution in [0.25, 0.3) is 11.3 Å². The van der Waals surface area contributed by atoms with Crippen LogP contribution in [0, 0.1) is 11.6 Å². The van der Waals surface area contributed by atoms with E-state index in [1.165, 1.54) is 8.97 Å². The third-order valence-electron chi connectivity index (χ3n) is 4.33. The van der Waals surface area contributed by atoms with E-state index in [1.807, 2.05) is 0 Å². The molecule has 0 spiro atoms. The molecule has 2 aromatic heterocycles. The molecule has 0 aliphatic heterocycles. The highest BCUT2D eigenvalue weighted by Crippen LogP contribution is 2.19. The van der Waals surface area contributed by atoms with E-state index >= 15 is 0 Å². The summed E-state index contributed by atoms with van der Waals surface area (Å²) < 4.78 is 34.6. The van der Waals surface area contributed by atoms with Crippen molar-refractivity contribution in [2.75, 3.05) is 18.2 Å². The Balaban J connectivity index is 1.50. The number of nitrogens with zero attached hydrogens (tertiary/aromatic N) is 4. The number of hydrogen-bond acceptors (Lipinski definition) is 6. The largest absolute Gasteiger partial charge is 0.497 e. The standard InChI is InChI=1S/C20H15F2N5O3S/c1-30-14-5-3-13(4-6-14)26-8-9-27-18(19(26)29)24-25-20(27)31-11-17(28)23-16-7-2-12(21)10-15(16)22/h2-10H,11H2,1H3,(H,23,28). The molecule has 2 aromatic carbocycles. The van der Waals surface area contributed by atoms with Gasteiger partial charge in [0, 0.05) is 24.1 Å². The molecule has 1 N–H and O–H groups in total. The zero-order valence-corrected chi connectivity index (χ0v) is 16.9. The quantitative estimate of drug-likeness (QED) is 0.461. The normalized spacial score (nSPS) is 10.9. The number of fused-ring (bicyclic) bond motifs is 1. The topological polar surface area (TPSA) is 90.5 Å². The van der Waals surface area contributed by atoms with Gasteiger partial charge in [-0.1, -0.05) is 11.8 Å². The van der Waals surface area contributed by atoms with Crippen molar-refractivity contribution in [3.63, 3.8) is 0 Å². The van der Waals surface area contributed by atoms with Gasteiger partial charge in [0.15, 0.2) is 5.16 Å². The van der Waals surface area contributed by atoms with Crippen molar-refractivity contribution >= 4 is 29.0 Å². The van der Waals surface area contributed by atoms with Crippen molar-refractivity contribution in [3.8, 4) is 11.4 Å². The van der Waals surface area contributed by atoms with Gasteiger partial charge < -0.3 is 10.1 Å². The van der Waals surface area contributed by atoms with Gasteiger partial charge in [-0.2, -0.15) is 0 Å². The van der Waals surface area contributed by atoms with E-state index in [-0.39, 0.29) is 22.6 Å². The first-order valence-electron chi connectivity index (χ1n) is 8.95. The Bertz CT molecular complexity index is 1320. The first kappa shape index (κ1) is 20.5. The molecule has 4 aromatic rings. The van der Waals surface area contributed by atoms with Crippen molar-refractivity contribution in [2.45, 2.75) is 5.16 Å². The second kappa shape index (κ2) is 8.56. The third-order valence-corrected chi connectivity index (χ3v) is 5.27. The van der Waals surface area contributed by atoms with Crippen LogP contribution in [0.2, 0.25) is 0 Å². The van der Waals surface area contributed by atoms with E-state index in [9.17, 15) is 18.4 Å². The first-order chi connectivity index (χ1) is 15.0. The summed E-state index contributed by atoms with van der Waals surface area (Å²) in [4.78, 5) is 24.9. The number of rotatable bonds is 6. The van der Waals surface area contributed by atoms with Crippen LogP contribution in [0.3, 0.4) is 0 Å². The van der Waals surface area contributed by atoms with Gasteiger partial charge in [0.05, 0.1) is 18.6 Å². The van der Waals surface area contributed by atoms with Crippen LogP contribution >= 0.6 is 11.8 Å². The number of nitrogens with one attached hydrogen (secondary N) is 1. The van der Waals surface area contributed by atoms with E-state index in [0.29, 0.717) is 22.7 Å². The molecule has 1 amide bonds. The number of methoxy groups -OCH3 is 1. The lowest BCUT2D eigenvalue weighted by Gasteiger charge is -2.08. The highest BCUT2D eigenvalue weighted by atomic mass is 32.2. The number of hydrogen-bond donors (Lipinski definition) is 1. The van der Waals surface area contributed by atoms with Crippen molar-refractivity contribution < 1.29 is 18.3 Å². The molecule has 158 valence electrons. The number of anilines is 1. The van der Waals surface area contributed by atoms with Gasteiger partial charge in [-0.15, -0.1) is 10.2 Å². The monoisotopic (exact) mass is 443 g/mol. The number of ether oxygens (including phenoxy) is 1. The first-order valence-corrected chi connectivity index (χ1v) is 9.93. The van der Waals surface area contributed by atoms with Crippen LogP contribution in [-0.4, -0.2) is 37.9 Å². The molecular weight excluding hydrogens is 428 g/mol. The van der Waals surface area contributed by atoms with Crippen molar-refractivity contribution in [3.05, 3.63) is 76.8 Å². The molecule has 0 saturated heterocycles. The maximum Gasteiger partial charge on any atom is 0.300 e. The maximum absolute atomic E-state index is 13.7. The van der Waals surface area contributed by atoms with Gasteiger partial charge in [-0.05, 0) is 36.4 Å². The lowest BCUT2D eigenvalue weighted by molar-refractivity contribution is -0.113. The minimum atomic E-state index is -0.870. The summed E-state index contributed by atoms with van der Waals surface area (Å²) in [6.45, 7) is 0. The van der Waals surface area contributed by atoms with E-state index < -0.39 is 17.5 Å². The number of amides is 1. The van der Waals surface area contributed by atoms with Crippen LogP contribution in [0.1, 0.15) is 0 Å². The highest BCUT2D eigenvalue weighted by molar-refractivity contribution is 7.99. The van der Waals surface area contributed by atoms with Crippen LogP contribution in [-0.2, 0) is 4.79 Å². The minimum absolute atomic E-state index is 0.0887. The lowest BCUT2D eigenvalue weighted by Crippen LogP contribution is -2.20. The maximum atomic E-state index is 13.7. The van der Waals surface area contributed by atoms with Crippen molar-refractivity contribution in [2.24, 2.45) is 0 Å². The Hall–Kier alpha value is -3.73. The molecule has 31 heavy (non-hydrogen) atoms. The zero-order chi connectivity index (χ0) is 22.0. The van der Waals surface area contributed by atoms with E-state index in [1.54, 1.807) is 43.8 Å². The SMILES string of the molecule is COc1ccc(-n2ccn3c(SCC(=O)Nc4ccc(F)cc4F)nnc3c2=O)cc1. The summed E-state index contributed by atoms with van der Waals surface area (Å²) >= 11 is 1.02. The van der Waals surface area contributed by atoms with Gasteiger partial charge in [-0.25, -0.2) is 8.78 Å². The summed E-state index contributed by atoms with van der Waals surface area (Å²) in [6.07, 6.45) is 3.18. The van der Waals surface area contributed by atoms with Gasteiger partial charge in [0.2, 0.25) is 11.6 Å². The summed E-state index contributed by atoms with van der Waals surface area (Å²) in [5.41, 5.74) is 0.211. The van der Waals surface area contributed by atoms with Crippen LogP contribution in [0.15, 0.2) is 64.8 Å². The van der Waals surface area contributed by atoms with E-state index in [4.69, 9.17) is 4.74 Å². The predicted octanol–water partition coefficient (Wildman–Crippen LogP) is 2.90. The lowest BCUT2D eigenvalue weighted by atomic mass is 10.3. The Kier molecular flexibility index (Phi) is 5.67. The van der Waals surface area contributed by atoms with Gasteiger partial charge in [0.25, 0.3) is 0 Å². The molecule has 0 unspecified atom stereocenters. The summed E-state index contributed by atoms with van der Waals surface area (Å²) in [5.74, 6) is -1.57. The number of thioether (sulfide) groups is 1. The van der Waals surface area contributed by atoms with Crippen LogP contribution in [0.5, 0.6) is 5.75 Å². The minimum Gasteiger partial charge on any atom is -0.497 e. The second-order valence-corrected chi connectivity index (χ2v) is 7.25. The molecule has 4 rings (SSSR count). The number of benzene rings is 2. The van der Waals surface area contributed by atoms with Crippen molar-refractivity contribution in [1.82, 2.24) is 19.2 Å². The van der Waals surface area contributed by atoms with E-state index in [2.05, 4.69) is 15.5 Å². The van der Waals surface area contributed by atoms with E-state index in [0.717, 1.165) is 23.9 Å². The Morgan fingerprint density at radius 3 is 2.61 bits per heavy atom. The average Bonchev–Trinajstić information content (AvgIpc) is 3.19. The average molecular weight is 443 g/mol. The number of aromatic nitrogens is 4.